The molecule has 0 saturated heterocycles. The summed E-state index contributed by atoms with van der Waals surface area (Å²) in [5.41, 5.74) is 4.49. The van der Waals surface area contributed by atoms with E-state index in [1.54, 1.807) is 12.3 Å². The van der Waals surface area contributed by atoms with Crippen molar-refractivity contribution in [3.05, 3.63) is 47.4 Å². The lowest BCUT2D eigenvalue weighted by Crippen LogP contribution is -2.09. The SMILES string of the molecule is Nc1ccn(Cc2ccc(C(F)(F)F)c(F)c2)n1. The van der Waals surface area contributed by atoms with E-state index in [0.29, 0.717) is 11.4 Å². The molecule has 18 heavy (non-hydrogen) atoms. The molecule has 1 aromatic heterocycles. The molecule has 0 radical (unpaired) electrons. The number of hydrogen-bond donors (Lipinski definition) is 1. The third-order valence-corrected chi connectivity index (χ3v) is 2.34. The van der Waals surface area contributed by atoms with Crippen LogP contribution in [0.2, 0.25) is 0 Å². The fourth-order valence-corrected chi connectivity index (χ4v) is 1.54. The summed E-state index contributed by atoms with van der Waals surface area (Å²) >= 11 is 0. The quantitative estimate of drug-likeness (QED) is 0.842. The second-order valence-corrected chi connectivity index (χ2v) is 3.75. The van der Waals surface area contributed by atoms with Gasteiger partial charge in [0.25, 0.3) is 0 Å². The van der Waals surface area contributed by atoms with E-state index in [1.165, 1.54) is 10.7 Å². The number of halogens is 4. The minimum absolute atomic E-state index is 0.159. The maximum absolute atomic E-state index is 13.3. The highest BCUT2D eigenvalue weighted by molar-refractivity contribution is 5.28. The molecule has 0 aliphatic heterocycles. The number of anilines is 1. The van der Waals surface area contributed by atoms with Crippen molar-refractivity contribution in [2.24, 2.45) is 0 Å². The minimum Gasteiger partial charge on any atom is -0.382 e. The maximum Gasteiger partial charge on any atom is 0.419 e. The van der Waals surface area contributed by atoms with Gasteiger partial charge in [0.2, 0.25) is 0 Å². The summed E-state index contributed by atoms with van der Waals surface area (Å²) in [5.74, 6) is -0.998. The van der Waals surface area contributed by atoms with Crippen molar-refractivity contribution in [1.82, 2.24) is 9.78 Å². The van der Waals surface area contributed by atoms with Gasteiger partial charge >= 0.3 is 6.18 Å². The summed E-state index contributed by atoms with van der Waals surface area (Å²) in [7, 11) is 0. The standard InChI is InChI=1S/C11H9F4N3/c12-9-5-7(1-2-8(9)11(13,14)15)6-18-4-3-10(16)17-18/h1-5H,6H2,(H2,16,17). The predicted octanol–water partition coefficient (Wildman–Crippen LogP) is 2.67. The molecular formula is C11H9F4N3. The van der Waals surface area contributed by atoms with Crippen LogP contribution in [0.3, 0.4) is 0 Å². The van der Waals surface area contributed by atoms with Crippen LogP contribution in [-0.4, -0.2) is 9.78 Å². The molecule has 0 aliphatic carbocycles. The van der Waals surface area contributed by atoms with E-state index in [2.05, 4.69) is 5.10 Å². The first-order chi connectivity index (χ1) is 8.36. The number of aromatic nitrogens is 2. The van der Waals surface area contributed by atoms with Crippen LogP contribution in [0.1, 0.15) is 11.1 Å². The van der Waals surface area contributed by atoms with Crippen molar-refractivity contribution in [3.8, 4) is 0 Å². The molecule has 0 amide bonds. The van der Waals surface area contributed by atoms with Gasteiger partial charge in [-0.1, -0.05) is 6.07 Å². The number of nitrogens with zero attached hydrogens (tertiary/aromatic N) is 2. The Balaban J connectivity index is 2.24. The average molecular weight is 259 g/mol. The first-order valence-electron chi connectivity index (χ1n) is 5.01. The second kappa shape index (κ2) is 4.32. The summed E-state index contributed by atoms with van der Waals surface area (Å²) in [6.45, 7) is 0.159. The largest absolute Gasteiger partial charge is 0.419 e. The topological polar surface area (TPSA) is 43.8 Å². The van der Waals surface area contributed by atoms with Gasteiger partial charge in [0, 0.05) is 6.20 Å². The molecule has 2 N–H and O–H groups in total. The average Bonchev–Trinajstić information content (AvgIpc) is 2.62. The molecule has 2 rings (SSSR count). The Hall–Kier alpha value is -2.05. The summed E-state index contributed by atoms with van der Waals surface area (Å²) in [6.07, 6.45) is -3.12. The fourth-order valence-electron chi connectivity index (χ4n) is 1.54. The lowest BCUT2D eigenvalue weighted by Gasteiger charge is -2.09. The molecule has 1 heterocycles. The molecule has 1 aromatic carbocycles. The van der Waals surface area contributed by atoms with E-state index < -0.39 is 17.6 Å². The second-order valence-electron chi connectivity index (χ2n) is 3.75. The van der Waals surface area contributed by atoms with Gasteiger partial charge in [0.1, 0.15) is 11.6 Å². The van der Waals surface area contributed by atoms with E-state index >= 15 is 0 Å². The number of nitrogen functional groups attached to an aromatic ring is 1. The zero-order chi connectivity index (χ0) is 13.3. The third kappa shape index (κ3) is 2.61. The number of hydrogen-bond acceptors (Lipinski definition) is 2. The molecular weight excluding hydrogens is 250 g/mol. The zero-order valence-electron chi connectivity index (χ0n) is 9.08. The molecule has 0 atom stereocenters. The Morgan fingerprint density at radius 3 is 2.44 bits per heavy atom. The Morgan fingerprint density at radius 2 is 1.94 bits per heavy atom. The van der Waals surface area contributed by atoms with Gasteiger partial charge in [0.05, 0.1) is 12.1 Å². The molecule has 0 unspecified atom stereocenters. The molecule has 3 nitrogen and oxygen atoms in total. The third-order valence-electron chi connectivity index (χ3n) is 2.34. The predicted molar refractivity (Wildman–Crippen MR) is 57.1 cm³/mol. The van der Waals surface area contributed by atoms with E-state index in [0.717, 1.165) is 12.1 Å². The highest BCUT2D eigenvalue weighted by Gasteiger charge is 2.33. The van der Waals surface area contributed by atoms with Crippen LogP contribution in [0.15, 0.2) is 30.5 Å². The molecule has 0 fully saturated rings. The Kier molecular flexibility index (Phi) is 2.98. The zero-order valence-corrected chi connectivity index (χ0v) is 9.08. The molecule has 0 spiro atoms. The van der Waals surface area contributed by atoms with Crippen LogP contribution in [-0.2, 0) is 12.7 Å². The Morgan fingerprint density at radius 1 is 1.22 bits per heavy atom. The molecule has 7 heteroatoms. The Bertz CT molecular complexity index is 560. The van der Waals surface area contributed by atoms with Crippen LogP contribution in [0, 0.1) is 5.82 Å². The van der Waals surface area contributed by atoms with Gasteiger partial charge in [-0.05, 0) is 23.8 Å². The lowest BCUT2D eigenvalue weighted by molar-refractivity contribution is -0.140. The summed E-state index contributed by atoms with van der Waals surface area (Å²) in [6, 6.07) is 4.32. The van der Waals surface area contributed by atoms with Crippen molar-refractivity contribution in [3.63, 3.8) is 0 Å². The van der Waals surface area contributed by atoms with E-state index in [-0.39, 0.29) is 6.54 Å². The van der Waals surface area contributed by atoms with Crippen molar-refractivity contribution >= 4 is 5.82 Å². The number of benzene rings is 1. The smallest absolute Gasteiger partial charge is 0.382 e. The normalized spacial score (nSPS) is 11.8. The number of rotatable bonds is 2. The van der Waals surface area contributed by atoms with Gasteiger partial charge in [-0.25, -0.2) is 4.39 Å². The van der Waals surface area contributed by atoms with Crippen LogP contribution in [0.4, 0.5) is 23.4 Å². The van der Waals surface area contributed by atoms with Gasteiger partial charge in [-0.15, -0.1) is 0 Å². The van der Waals surface area contributed by atoms with Crippen molar-refractivity contribution in [2.75, 3.05) is 5.73 Å². The van der Waals surface area contributed by atoms with E-state index in [9.17, 15) is 17.6 Å². The van der Waals surface area contributed by atoms with Gasteiger partial charge < -0.3 is 5.73 Å². The highest BCUT2D eigenvalue weighted by Crippen LogP contribution is 2.31. The summed E-state index contributed by atoms with van der Waals surface area (Å²) in [4.78, 5) is 0. The van der Waals surface area contributed by atoms with Gasteiger partial charge in [-0.3, -0.25) is 4.68 Å². The Labute approximate surface area is 99.8 Å². The minimum atomic E-state index is -4.68. The highest BCUT2D eigenvalue weighted by atomic mass is 19.4. The van der Waals surface area contributed by atoms with Crippen molar-refractivity contribution in [1.29, 1.82) is 0 Å². The summed E-state index contributed by atoms with van der Waals surface area (Å²) < 4.78 is 51.7. The fraction of sp³-hybridized carbons (Fsp3) is 0.182. The molecule has 96 valence electrons. The summed E-state index contributed by atoms with van der Waals surface area (Å²) in [5, 5.41) is 3.86. The van der Waals surface area contributed by atoms with Gasteiger partial charge in [0.15, 0.2) is 0 Å². The lowest BCUT2D eigenvalue weighted by atomic mass is 10.1. The van der Waals surface area contributed by atoms with Crippen LogP contribution in [0.5, 0.6) is 0 Å². The van der Waals surface area contributed by atoms with E-state index in [1.807, 2.05) is 0 Å². The maximum atomic E-state index is 13.3. The van der Waals surface area contributed by atoms with Crippen molar-refractivity contribution in [2.45, 2.75) is 12.7 Å². The molecule has 0 bridgehead atoms. The first kappa shape index (κ1) is 12.4. The molecule has 0 saturated carbocycles. The van der Waals surface area contributed by atoms with Crippen molar-refractivity contribution < 1.29 is 17.6 Å². The number of alkyl halides is 3. The van der Waals surface area contributed by atoms with Crippen LogP contribution < -0.4 is 5.73 Å². The first-order valence-corrected chi connectivity index (χ1v) is 5.01. The molecule has 2 aromatic rings. The van der Waals surface area contributed by atoms with E-state index in [4.69, 9.17) is 5.73 Å². The monoisotopic (exact) mass is 259 g/mol. The van der Waals surface area contributed by atoms with Crippen LogP contribution in [0.25, 0.3) is 0 Å². The number of nitrogens with two attached hydrogens (primary N) is 1. The van der Waals surface area contributed by atoms with Crippen LogP contribution >= 0.6 is 0 Å². The molecule has 0 aliphatic rings. The van der Waals surface area contributed by atoms with Gasteiger partial charge in [-0.2, -0.15) is 18.3 Å².